The van der Waals surface area contributed by atoms with Crippen LogP contribution in [0.3, 0.4) is 0 Å². The standard InChI is InChI=1S/C15H10ClN3O6/c16-11-5-14-13(24-7-25-14)3-8(11)6-17-18-15(21)10-4-9(19(22)23)1-2-12(10)20/h1-6,20H,7H2,(H,18,21)/b17-6-. The highest BCUT2D eigenvalue weighted by molar-refractivity contribution is 6.33. The fourth-order valence-electron chi connectivity index (χ4n) is 2.07. The molecule has 0 fully saturated rings. The number of hydrogen-bond acceptors (Lipinski definition) is 7. The minimum atomic E-state index is -0.811. The zero-order valence-corrected chi connectivity index (χ0v) is 13.2. The Kier molecular flexibility index (Phi) is 4.40. The molecule has 1 aliphatic heterocycles. The van der Waals surface area contributed by atoms with Crippen LogP contribution in [0, 0.1) is 10.1 Å². The second kappa shape index (κ2) is 6.65. The lowest BCUT2D eigenvalue weighted by molar-refractivity contribution is -0.384. The van der Waals surface area contributed by atoms with Crippen molar-refractivity contribution >= 4 is 29.4 Å². The fraction of sp³-hybridized carbons (Fsp3) is 0.0667. The largest absolute Gasteiger partial charge is 0.507 e. The maximum Gasteiger partial charge on any atom is 0.275 e. The summed E-state index contributed by atoms with van der Waals surface area (Å²) in [4.78, 5) is 22.1. The number of halogens is 1. The molecule has 0 saturated carbocycles. The van der Waals surface area contributed by atoms with Gasteiger partial charge in [0, 0.05) is 23.8 Å². The number of nitrogens with one attached hydrogen (secondary N) is 1. The first kappa shape index (κ1) is 16.5. The molecule has 2 aromatic carbocycles. The number of nitro benzene ring substituents is 1. The number of nitrogens with zero attached hydrogens (tertiary/aromatic N) is 2. The van der Waals surface area contributed by atoms with Gasteiger partial charge in [0.1, 0.15) is 5.75 Å². The van der Waals surface area contributed by atoms with E-state index in [4.69, 9.17) is 21.1 Å². The van der Waals surface area contributed by atoms with Gasteiger partial charge < -0.3 is 14.6 Å². The summed E-state index contributed by atoms with van der Waals surface area (Å²) in [6.07, 6.45) is 1.27. The Hall–Kier alpha value is -3.33. The number of ether oxygens (including phenoxy) is 2. The first-order valence-electron chi connectivity index (χ1n) is 6.85. The SMILES string of the molecule is O=C(N/N=C\c1cc2c(cc1Cl)OCO2)c1cc([N+](=O)[O-])ccc1O. The number of phenols is 1. The van der Waals surface area contributed by atoms with Gasteiger partial charge in [0.25, 0.3) is 11.6 Å². The number of benzene rings is 2. The van der Waals surface area contributed by atoms with Gasteiger partial charge in [0.15, 0.2) is 11.5 Å². The lowest BCUT2D eigenvalue weighted by atomic mass is 10.1. The van der Waals surface area contributed by atoms with E-state index in [1.807, 2.05) is 0 Å². The molecule has 0 saturated heterocycles. The molecule has 2 N–H and O–H groups in total. The van der Waals surface area contributed by atoms with Crippen LogP contribution in [0.5, 0.6) is 17.2 Å². The predicted molar refractivity (Wildman–Crippen MR) is 87.4 cm³/mol. The summed E-state index contributed by atoms with van der Waals surface area (Å²) in [5.74, 6) is -0.213. The second-order valence-corrected chi connectivity index (χ2v) is 5.29. The summed E-state index contributed by atoms with van der Waals surface area (Å²) < 4.78 is 10.4. The van der Waals surface area contributed by atoms with Gasteiger partial charge in [-0.05, 0) is 12.1 Å². The zero-order chi connectivity index (χ0) is 18.0. The Bertz CT molecular complexity index is 899. The van der Waals surface area contributed by atoms with Crippen molar-refractivity contribution in [2.24, 2.45) is 5.10 Å². The van der Waals surface area contributed by atoms with Crippen LogP contribution < -0.4 is 14.9 Å². The van der Waals surface area contributed by atoms with E-state index < -0.39 is 16.6 Å². The summed E-state index contributed by atoms with van der Waals surface area (Å²) in [6, 6.07) is 6.24. The average molecular weight is 364 g/mol. The number of rotatable bonds is 4. The van der Waals surface area contributed by atoms with Crippen LogP contribution in [0.1, 0.15) is 15.9 Å². The maximum atomic E-state index is 12.0. The van der Waals surface area contributed by atoms with E-state index in [2.05, 4.69) is 10.5 Å². The van der Waals surface area contributed by atoms with Crippen LogP contribution in [0.4, 0.5) is 5.69 Å². The number of nitro groups is 1. The molecule has 0 spiro atoms. The topological polar surface area (TPSA) is 123 Å². The molecule has 2 aromatic rings. The number of phenolic OH excluding ortho intramolecular Hbond substituents is 1. The molecule has 1 amide bonds. The van der Waals surface area contributed by atoms with E-state index in [9.17, 15) is 20.0 Å². The number of hydrogen-bond donors (Lipinski definition) is 2. The van der Waals surface area contributed by atoms with Crippen LogP contribution in [0.25, 0.3) is 0 Å². The lowest BCUT2D eigenvalue weighted by Gasteiger charge is -2.04. The normalized spacial score (nSPS) is 12.4. The number of aromatic hydroxyl groups is 1. The molecular formula is C15H10ClN3O6. The third-order valence-corrected chi connectivity index (χ3v) is 3.62. The molecule has 3 rings (SSSR count). The predicted octanol–water partition coefficient (Wildman–Crippen LogP) is 2.45. The third kappa shape index (κ3) is 3.45. The molecule has 9 nitrogen and oxygen atoms in total. The summed E-state index contributed by atoms with van der Waals surface area (Å²) >= 11 is 6.07. The van der Waals surface area contributed by atoms with Crippen molar-refractivity contribution in [3.63, 3.8) is 0 Å². The van der Waals surface area contributed by atoms with Gasteiger partial charge in [0.2, 0.25) is 6.79 Å². The van der Waals surface area contributed by atoms with Gasteiger partial charge >= 0.3 is 0 Å². The van der Waals surface area contributed by atoms with Crippen LogP contribution in [-0.4, -0.2) is 28.9 Å². The van der Waals surface area contributed by atoms with E-state index in [1.165, 1.54) is 6.21 Å². The van der Waals surface area contributed by atoms with E-state index in [0.29, 0.717) is 22.1 Å². The molecule has 1 heterocycles. The van der Waals surface area contributed by atoms with Crippen LogP contribution in [0.2, 0.25) is 5.02 Å². The van der Waals surface area contributed by atoms with E-state index in [1.54, 1.807) is 12.1 Å². The number of amides is 1. The number of fused-ring (bicyclic) bond motifs is 1. The highest BCUT2D eigenvalue weighted by atomic mass is 35.5. The molecular weight excluding hydrogens is 354 g/mol. The summed E-state index contributed by atoms with van der Waals surface area (Å²) in [6.45, 7) is 0.0923. The highest BCUT2D eigenvalue weighted by Crippen LogP contribution is 2.36. The van der Waals surface area contributed by atoms with Crippen molar-refractivity contribution in [2.75, 3.05) is 6.79 Å². The quantitative estimate of drug-likeness (QED) is 0.488. The van der Waals surface area contributed by atoms with Gasteiger partial charge in [-0.2, -0.15) is 5.10 Å². The first-order chi connectivity index (χ1) is 12.0. The molecule has 0 atom stereocenters. The Labute approximate surface area is 145 Å². The average Bonchev–Trinajstić information content (AvgIpc) is 3.02. The Morgan fingerprint density at radius 2 is 2.04 bits per heavy atom. The van der Waals surface area contributed by atoms with Crippen molar-refractivity contribution in [1.82, 2.24) is 5.43 Å². The molecule has 0 aromatic heterocycles. The third-order valence-electron chi connectivity index (χ3n) is 3.30. The molecule has 0 bridgehead atoms. The van der Waals surface area contributed by atoms with Crippen molar-refractivity contribution in [3.05, 3.63) is 56.6 Å². The summed E-state index contributed by atoms with van der Waals surface area (Å²) in [5, 5.41) is 24.5. The van der Waals surface area contributed by atoms with Crippen LogP contribution >= 0.6 is 11.6 Å². The molecule has 25 heavy (non-hydrogen) atoms. The molecule has 10 heteroatoms. The minimum Gasteiger partial charge on any atom is -0.507 e. The van der Waals surface area contributed by atoms with Crippen molar-refractivity contribution in [2.45, 2.75) is 0 Å². The van der Waals surface area contributed by atoms with Gasteiger partial charge in [0.05, 0.1) is 21.7 Å². The first-order valence-corrected chi connectivity index (χ1v) is 7.23. The Balaban J connectivity index is 1.76. The summed E-state index contributed by atoms with van der Waals surface area (Å²) in [5.41, 5.74) is 2.03. The summed E-state index contributed by atoms with van der Waals surface area (Å²) in [7, 11) is 0. The van der Waals surface area contributed by atoms with Gasteiger partial charge in [-0.3, -0.25) is 14.9 Å². The van der Waals surface area contributed by atoms with Gasteiger partial charge in [-0.25, -0.2) is 5.43 Å². The molecule has 0 unspecified atom stereocenters. The zero-order valence-electron chi connectivity index (χ0n) is 12.4. The second-order valence-electron chi connectivity index (χ2n) is 4.88. The molecule has 1 aliphatic rings. The van der Waals surface area contributed by atoms with E-state index >= 15 is 0 Å². The van der Waals surface area contributed by atoms with Crippen molar-refractivity contribution in [3.8, 4) is 17.2 Å². The maximum absolute atomic E-state index is 12.0. The number of carbonyl (C=O) groups is 1. The van der Waals surface area contributed by atoms with Crippen LogP contribution in [-0.2, 0) is 0 Å². The number of non-ortho nitro benzene ring substituents is 1. The van der Waals surface area contributed by atoms with Crippen molar-refractivity contribution < 1.29 is 24.3 Å². The number of hydrazone groups is 1. The smallest absolute Gasteiger partial charge is 0.275 e. The molecule has 0 radical (unpaired) electrons. The van der Waals surface area contributed by atoms with E-state index in [0.717, 1.165) is 18.2 Å². The number of carbonyl (C=O) groups excluding carboxylic acids is 1. The van der Waals surface area contributed by atoms with E-state index in [-0.39, 0.29) is 18.0 Å². The van der Waals surface area contributed by atoms with Crippen LogP contribution in [0.15, 0.2) is 35.4 Å². The molecule has 128 valence electrons. The van der Waals surface area contributed by atoms with Gasteiger partial charge in [-0.1, -0.05) is 11.6 Å². The monoisotopic (exact) mass is 363 g/mol. The molecule has 0 aliphatic carbocycles. The lowest BCUT2D eigenvalue weighted by Crippen LogP contribution is -2.18. The minimum absolute atomic E-state index is 0.0923. The van der Waals surface area contributed by atoms with Crippen molar-refractivity contribution in [1.29, 1.82) is 0 Å². The Morgan fingerprint density at radius 3 is 2.76 bits per heavy atom. The Morgan fingerprint density at radius 1 is 1.32 bits per heavy atom. The fourth-order valence-corrected chi connectivity index (χ4v) is 2.27. The van der Waals surface area contributed by atoms with Gasteiger partial charge in [-0.15, -0.1) is 0 Å². The highest BCUT2D eigenvalue weighted by Gasteiger charge is 2.17.